The van der Waals surface area contributed by atoms with Gasteiger partial charge in [0, 0.05) is 18.3 Å². The number of benzene rings is 2. The van der Waals surface area contributed by atoms with Crippen LogP contribution in [0, 0.1) is 6.92 Å². The topological polar surface area (TPSA) is 21.6 Å². The second-order valence-electron chi connectivity index (χ2n) is 6.98. The average Bonchev–Trinajstić information content (AvgIpc) is 3.18. The molecular weight excluding hydrogens is 374 g/mol. The third-order valence-corrected chi connectivity index (χ3v) is 5.82. The van der Waals surface area contributed by atoms with Crippen LogP contribution in [0.5, 0.6) is 5.75 Å². The van der Waals surface area contributed by atoms with Crippen LogP contribution in [-0.2, 0) is 6.42 Å². The van der Waals surface area contributed by atoms with Crippen LogP contribution < -0.4 is 4.74 Å². The van der Waals surface area contributed by atoms with Gasteiger partial charge in [-0.1, -0.05) is 55.5 Å². The van der Waals surface area contributed by atoms with E-state index < -0.39 is 0 Å². The molecule has 1 aromatic heterocycles. The molecule has 2 aromatic carbocycles. The zero-order valence-electron chi connectivity index (χ0n) is 18.4. The molecule has 0 bridgehead atoms. The van der Waals surface area contributed by atoms with Gasteiger partial charge in [-0.25, -0.2) is 0 Å². The molecule has 0 aliphatic rings. The van der Waals surface area contributed by atoms with E-state index in [1.165, 1.54) is 22.3 Å². The van der Waals surface area contributed by atoms with E-state index in [4.69, 9.17) is 4.74 Å². The van der Waals surface area contributed by atoms with Crippen LogP contribution in [-0.4, -0.2) is 19.9 Å². The summed E-state index contributed by atoms with van der Waals surface area (Å²) in [6.45, 7) is 12.3. The first-order valence-corrected chi connectivity index (χ1v) is 10.8. The normalized spacial score (nSPS) is 10.9. The zero-order valence-corrected chi connectivity index (χ0v) is 19.2. The van der Waals surface area contributed by atoms with Crippen molar-refractivity contribution in [3.63, 3.8) is 0 Å². The third kappa shape index (κ3) is 5.68. The highest BCUT2D eigenvalue weighted by atomic mass is 32.1. The predicted octanol–water partition coefficient (Wildman–Crippen LogP) is 7.45. The van der Waals surface area contributed by atoms with E-state index in [1.54, 1.807) is 18.4 Å². The molecule has 0 fully saturated rings. The summed E-state index contributed by atoms with van der Waals surface area (Å²) in [6.07, 6.45) is 1.07. The molecule has 29 heavy (non-hydrogen) atoms. The quantitative estimate of drug-likeness (QED) is 0.404. The van der Waals surface area contributed by atoms with Gasteiger partial charge in [-0.15, -0.1) is 0 Å². The number of hydrogen-bond donors (Lipinski definition) is 0. The number of nitrogens with zero attached hydrogens (tertiary/aromatic N) is 1. The Hall–Kier alpha value is -2.65. The molecule has 0 radical (unpaired) electrons. The van der Waals surface area contributed by atoms with Crippen LogP contribution in [0.2, 0.25) is 0 Å². The predicted molar refractivity (Wildman–Crippen MR) is 130 cm³/mol. The molecule has 0 N–H and O–H groups in total. The minimum Gasteiger partial charge on any atom is -0.496 e. The molecule has 0 amide bonds. The summed E-state index contributed by atoms with van der Waals surface area (Å²) in [5.74, 6) is 0.909. The number of allylic oxidation sites excluding steroid dienone is 1. The van der Waals surface area contributed by atoms with Crippen molar-refractivity contribution in [2.75, 3.05) is 14.2 Å². The Morgan fingerprint density at radius 1 is 1.07 bits per heavy atom. The van der Waals surface area contributed by atoms with Gasteiger partial charge in [0.1, 0.15) is 5.75 Å². The molecule has 0 atom stereocenters. The van der Waals surface area contributed by atoms with E-state index in [-0.39, 0.29) is 0 Å². The van der Waals surface area contributed by atoms with Crippen molar-refractivity contribution in [1.29, 1.82) is 0 Å². The summed E-state index contributed by atoms with van der Waals surface area (Å²) in [7, 11) is 3.55. The van der Waals surface area contributed by atoms with Crippen LogP contribution >= 0.6 is 11.3 Å². The maximum Gasteiger partial charge on any atom is 0.127 e. The van der Waals surface area contributed by atoms with Crippen LogP contribution in [0.25, 0.3) is 16.7 Å². The van der Waals surface area contributed by atoms with Gasteiger partial charge in [0.25, 0.3) is 0 Å². The maximum atomic E-state index is 5.48. The molecule has 3 aromatic rings. The van der Waals surface area contributed by atoms with Crippen LogP contribution in [0.4, 0.5) is 0 Å². The van der Waals surface area contributed by atoms with Crippen molar-refractivity contribution in [2.24, 2.45) is 4.99 Å². The Bertz CT molecular complexity index is 997. The van der Waals surface area contributed by atoms with Crippen molar-refractivity contribution in [2.45, 2.75) is 34.1 Å². The van der Waals surface area contributed by atoms with Crippen LogP contribution in [0.1, 0.15) is 43.0 Å². The first-order valence-electron chi connectivity index (χ1n) is 9.81. The van der Waals surface area contributed by atoms with E-state index in [9.17, 15) is 0 Å². The van der Waals surface area contributed by atoms with Crippen LogP contribution in [0.15, 0.2) is 64.8 Å². The smallest absolute Gasteiger partial charge is 0.127 e. The second kappa shape index (κ2) is 10.8. The lowest BCUT2D eigenvalue weighted by atomic mass is 10.0. The Balaban J connectivity index is 0.000000221. The highest BCUT2D eigenvalue weighted by Crippen LogP contribution is 2.35. The number of thiophene rings is 1. The lowest BCUT2D eigenvalue weighted by Crippen LogP contribution is -1.99. The molecule has 3 rings (SSSR count). The van der Waals surface area contributed by atoms with E-state index in [0.717, 1.165) is 34.6 Å². The van der Waals surface area contributed by atoms with Crippen molar-refractivity contribution >= 4 is 22.6 Å². The fraction of sp³-hybridized carbons (Fsp3) is 0.269. The van der Waals surface area contributed by atoms with Gasteiger partial charge in [-0.2, -0.15) is 11.3 Å². The molecule has 0 saturated heterocycles. The molecular formula is C26H31NOS. The number of hydrogen-bond acceptors (Lipinski definition) is 3. The number of aryl methyl sites for hydroxylation is 2. The third-order valence-electron chi connectivity index (χ3n) is 4.96. The maximum absolute atomic E-state index is 5.48. The summed E-state index contributed by atoms with van der Waals surface area (Å²) in [4.78, 5) is 4.18. The minimum absolute atomic E-state index is 0.909. The SMILES string of the molecule is C=C(C)c1ccc(-c2cscc2C)c(OC)c1.CCc1ccccc1C(C)=NC. The van der Waals surface area contributed by atoms with Gasteiger partial charge >= 0.3 is 0 Å². The highest BCUT2D eigenvalue weighted by molar-refractivity contribution is 7.08. The average molecular weight is 406 g/mol. The van der Waals surface area contributed by atoms with Gasteiger partial charge in [-0.3, -0.25) is 4.99 Å². The Kier molecular flexibility index (Phi) is 8.41. The lowest BCUT2D eigenvalue weighted by Gasteiger charge is -2.10. The molecule has 0 saturated carbocycles. The summed E-state index contributed by atoms with van der Waals surface area (Å²) in [5.41, 5.74) is 9.64. The molecule has 0 aliphatic carbocycles. The van der Waals surface area contributed by atoms with Gasteiger partial charge < -0.3 is 4.74 Å². The van der Waals surface area contributed by atoms with Crippen LogP contribution in [0.3, 0.4) is 0 Å². The Labute approximate surface area is 179 Å². The summed E-state index contributed by atoms with van der Waals surface area (Å²) >= 11 is 1.72. The van der Waals surface area contributed by atoms with Crippen molar-refractivity contribution in [1.82, 2.24) is 0 Å². The van der Waals surface area contributed by atoms with Gasteiger partial charge in [0.15, 0.2) is 0 Å². The number of aliphatic imine (C=N–C) groups is 1. The molecule has 0 spiro atoms. The zero-order chi connectivity index (χ0) is 21.4. The highest BCUT2D eigenvalue weighted by Gasteiger charge is 2.10. The second-order valence-corrected chi connectivity index (χ2v) is 7.73. The van der Waals surface area contributed by atoms with E-state index in [1.807, 2.05) is 14.0 Å². The van der Waals surface area contributed by atoms with E-state index in [2.05, 4.69) is 85.6 Å². The standard InChI is InChI=1S/C15H16OS.C11H15N/c1-10(2)12-5-6-13(15(7-12)16-4)14-9-17-8-11(14)3;1-4-10-7-5-6-8-11(10)9(2)12-3/h5-9H,1H2,2-4H3;5-8H,4H2,1-3H3. The molecule has 152 valence electrons. The Morgan fingerprint density at radius 3 is 2.34 bits per heavy atom. The summed E-state index contributed by atoms with van der Waals surface area (Å²) in [6, 6.07) is 14.7. The fourth-order valence-corrected chi connectivity index (χ4v) is 3.97. The molecule has 3 heteroatoms. The van der Waals surface area contributed by atoms with Crippen molar-refractivity contribution < 1.29 is 4.74 Å². The monoisotopic (exact) mass is 405 g/mol. The summed E-state index contributed by atoms with van der Waals surface area (Å²) < 4.78 is 5.48. The van der Waals surface area contributed by atoms with Gasteiger partial charge in [0.05, 0.1) is 7.11 Å². The van der Waals surface area contributed by atoms with E-state index >= 15 is 0 Å². The minimum atomic E-state index is 0.909. The van der Waals surface area contributed by atoms with Gasteiger partial charge in [0.2, 0.25) is 0 Å². The number of rotatable bonds is 5. The Morgan fingerprint density at radius 2 is 1.79 bits per heavy atom. The lowest BCUT2D eigenvalue weighted by molar-refractivity contribution is 0.416. The molecule has 1 heterocycles. The largest absolute Gasteiger partial charge is 0.496 e. The first kappa shape index (κ1) is 22.6. The number of methoxy groups -OCH3 is 1. The first-order chi connectivity index (χ1) is 13.9. The fourth-order valence-electron chi connectivity index (χ4n) is 3.12. The molecule has 0 aliphatic heterocycles. The van der Waals surface area contributed by atoms with Crippen molar-refractivity contribution in [3.05, 3.63) is 82.1 Å². The van der Waals surface area contributed by atoms with Crippen molar-refractivity contribution in [3.8, 4) is 16.9 Å². The number of ether oxygens (including phenoxy) is 1. The molecule has 2 nitrogen and oxygen atoms in total. The molecule has 0 unspecified atom stereocenters. The van der Waals surface area contributed by atoms with Gasteiger partial charge in [-0.05, 0) is 71.8 Å². The summed E-state index contributed by atoms with van der Waals surface area (Å²) in [5, 5.41) is 4.31. The van der Waals surface area contributed by atoms with E-state index in [0.29, 0.717) is 0 Å².